The van der Waals surface area contributed by atoms with E-state index in [1.807, 2.05) is 19.9 Å². The number of rotatable bonds is 9. The van der Waals surface area contributed by atoms with Crippen molar-refractivity contribution in [3.63, 3.8) is 0 Å². The Morgan fingerprint density at radius 1 is 1.14 bits per heavy atom. The summed E-state index contributed by atoms with van der Waals surface area (Å²) in [5.74, 6) is -0.248. The Morgan fingerprint density at radius 3 is 2.40 bits per heavy atom. The van der Waals surface area contributed by atoms with Crippen molar-refractivity contribution >= 4 is 23.2 Å². The lowest BCUT2D eigenvalue weighted by Crippen LogP contribution is -2.42. The number of carbonyl (C=O) groups is 1. The summed E-state index contributed by atoms with van der Waals surface area (Å²) < 4.78 is 5.23. The molecule has 2 aromatic rings. The number of benzene rings is 1. The zero-order chi connectivity index (χ0) is 25.7. The van der Waals surface area contributed by atoms with Crippen molar-refractivity contribution in [1.29, 1.82) is 0 Å². The lowest BCUT2D eigenvalue weighted by Gasteiger charge is -2.40. The van der Waals surface area contributed by atoms with Gasteiger partial charge in [-0.3, -0.25) is 9.59 Å². The van der Waals surface area contributed by atoms with Crippen LogP contribution >= 0.6 is 11.6 Å². The van der Waals surface area contributed by atoms with Crippen LogP contribution in [0.25, 0.3) is 0 Å². The lowest BCUT2D eigenvalue weighted by atomic mass is 9.89. The number of pyridine rings is 1. The molecule has 1 heterocycles. The summed E-state index contributed by atoms with van der Waals surface area (Å²) in [6, 6.07) is 6.26. The Labute approximate surface area is 213 Å². The van der Waals surface area contributed by atoms with Gasteiger partial charge in [-0.05, 0) is 78.2 Å². The van der Waals surface area contributed by atoms with Gasteiger partial charge in [0.1, 0.15) is 0 Å². The van der Waals surface area contributed by atoms with Crippen molar-refractivity contribution in [2.45, 2.75) is 71.7 Å². The number of aromatic nitrogens is 1. The Kier molecular flexibility index (Phi) is 9.39. The summed E-state index contributed by atoms with van der Waals surface area (Å²) in [6.45, 7) is 7.18. The average Bonchev–Trinajstić information content (AvgIpc) is 2.81. The molecular weight excluding hydrogens is 464 g/mol. The second-order valence-electron chi connectivity index (χ2n) is 9.70. The van der Waals surface area contributed by atoms with E-state index < -0.39 is 0 Å². The van der Waals surface area contributed by atoms with Crippen LogP contribution in [0.5, 0.6) is 0 Å². The summed E-state index contributed by atoms with van der Waals surface area (Å²) in [5.41, 5.74) is 4.24. The molecule has 1 saturated carbocycles. The quantitative estimate of drug-likeness (QED) is 0.530. The first-order valence-electron chi connectivity index (χ1n) is 12.4. The molecule has 7 nitrogen and oxygen atoms in total. The van der Waals surface area contributed by atoms with E-state index in [9.17, 15) is 9.59 Å². The maximum Gasteiger partial charge on any atom is 0.251 e. The number of nitrogens with zero attached hydrogens (tertiary/aromatic N) is 2. The molecule has 0 spiro atoms. The number of amides is 1. The van der Waals surface area contributed by atoms with Crippen LogP contribution < -0.4 is 15.6 Å². The number of aryl methyl sites for hydroxylation is 1. The van der Waals surface area contributed by atoms with E-state index in [0.717, 1.165) is 49.2 Å². The summed E-state index contributed by atoms with van der Waals surface area (Å²) in [6.07, 6.45) is 4.55. The van der Waals surface area contributed by atoms with Gasteiger partial charge in [0.15, 0.2) is 5.43 Å². The first-order chi connectivity index (χ1) is 16.7. The molecule has 0 saturated heterocycles. The van der Waals surface area contributed by atoms with Crippen molar-refractivity contribution in [2.24, 2.45) is 0 Å². The molecule has 1 aromatic heterocycles. The molecule has 0 unspecified atom stereocenters. The van der Waals surface area contributed by atoms with Gasteiger partial charge >= 0.3 is 0 Å². The molecule has 0 atom stereocenters. The minimum Gasteiger partial charge on any atom is -0.378 e. The SMILES string of the molecule is CCN(c1cc(Cl)cc(C(=O)NCc2c(COC)[nH]c(C)cc2=O)c1C)C1CCC(N(C)C)CC1. The van der Waals surface area contributed by atoms with E-state index in [0.29, 0.717) is 33.9 Å². The number of ether oxygens (including phenoxy) is 1. The van der Waals surface area contributed by atoms with Crippen molar-refractivity contribution in [1.82, 2.24) is 15.2 Å². The van der Waals surface area contributed by atoms with E-state index >= 15 is 0 Å². The normalized spacial score (nSPS) is 18.1. The van der Waals surface area contributed by atoms with Gasteiger partial charge in [0, 0.05) is 65.9 Å². The molecule has 0 aliphatic heterocycles. The maximum absolute atomic E-state index is 13.3. The van der Waals surface area contributed by atoms with Crippen LogP contribution in [-0.4, -0.2) is 55.6 Å². The highest BCUT2D eigenvalue weighted by molar-refractivity contribution is 6.31. The third-order valence-corrected chi connectivity index (χ3v) is 7.37. The highest BCUT2D eigenvalue weighted by Crippen LogP contribution is 2.34. The van der Waals surface area contributed by atoms with Crippen molar-refractivity contribution in [3.8, 4) is 0 Å². The number of methoxy groups -OCH3 is 1. The Bertz CT molecular complexity index is 1090. The van der Waals surface area contributed by atoms with E-state index in [2.05, 4.69) is 41.1 Å². The Morgan fingerprint density at radius 2 is 1.80 bits per heavy atom. The highest BCUT2D eigenvalue weighted by Gasteiger charge is 2.28. The fourth-order valence-corrected chi connectivity index (χ4v) is 5.43. The fraction of sp³-hybridized carbons (Fsp3) is 0.556. The molecule has 1 aliphatic rings. The predicted molar refractivity (Wildman–Crippen MR) is 143 cm³/mol. The number of anilines is 1. The minimum atomic E-state index is -0.248. The summed E-state index contributed by atoms with van der Waals surface area (Å²) in [7, 11) is 5.88. The van der Waals surface area contributed by atoms with Gasteiger partial charge in [-0.2, -0.15) is 0 Å². The second-order valence-corrected chi connectivity index (χ2v) is 10.1. The summed E-state index contributed by atoms with van der Waals surface area (Å²) in [4.78, 5) is 33.7. The van der Waals surface area contributed by atoms with Crippen LogP contribution in [0.2, 0.25) is 5.02 Å². The number of carbonyl (C=O) groups excluding carboxylic acids is 1. The molecule has 192 valence electrons. The second kappa shape index (κ2) is 12.1. The van der Waals surface area contributed by atoms with Crippen LogP contribution in [-0.2, 0) is 17.9 Å². The fourth-order valence-electron chi connectivity index (χ4n) is 5.22. The van der Waals surface area contributed by atoms with Crippen molar-refractivity contribution in [2.75, 3.05) is 32.6 Å². The highest BCUT2D eigenvalue weighted by atomic mass is 35.5. The van der Waals surface area contributed by atoms with Gasteiger partial charge in [-0.15, -0.1) is 0 Å². The Balaban J connectivity index is 1.82. The zero-order valence-electron chi connectivity index (χ0n) is 21.8. The third kappa shape index (κ3) is 6.46. The molecule has 8 heteroatoms. The number of hydrogen-bond acceptors (Lipinski definition) is 5. The molecule has 0 radical (unpaired) electrons. The molecule has 1 aliphatic carbocycles. The van der Waals surface area contributed by atoms with E-state index in [-0.39, 0.29) is 24.5 Å². The molecule has 0 bridgehead atoms. The van der Waals surface area contributed by atoms with Crippen LogP contribution in [0.3, 0.4) is 0 Å². The topological polar surface area (TPSA) is 77.7 Å². The van der Waals surface area contributed by atoms with Gasteiger partial charge in [0.2, 0.25) is 0 Å². The third-order valence-electron chi connectivity index (χ3n) is 7.15. The smallest absolute Gasteiger partial charge is 0.251 e. The lowest BCUT2D eigenvalue weighted by molar-refractivity contribution is 0.0949. The van der Waals surface area contributed by atoms with Crippen LogP contribution in [0, 0.1) is 13.8 Å². The van der Waals surface area contributed by atoms with Gasteiger partial charge in [-0.1, -0.05) is 11.6 Å². The molecule has 35 heavy (non-hydrogen) atoms. The van der Waals surface area contributed by atoms with E-state index in [4.69, 9.17) is 16.3 Å². The summed E-state index contributed by atoms with van der Waals surface area (Å²) >= 11 is 6.51. The molecule has 2 N–H and O–H groups in total. The Hall–Kier alpha value is -2.35. The largest absolute Gasteiger partial charge is 0.378 e. The number of nitrogens with one attached hydrogen (secondary N) is 2. The molecule has 1 amide bonds. The first-order valence-corrected chi connectivity index (χ1v) is 12.8. The van der Waals surface area contributed by atoms with E-state index in [1.54, 1.807) is 13.2 Å². The van der Waals surface area contributed by atoms with Crippen LogP contribution in [0.4, 0.5) is 5.69 Å². The monoisotopic (exact) mass is 502 g/mol. The predicted octanol–water partition coefficient (Wildman–Crippen LogP) is 4.42. The zero-order valence-corrected chi connectivity index (χ0v) is 22.6. The number of halogens is 1. The van der Waals surface area contributed by atoms with Gasteiger partial charge in [0.05, 0.1) is 12.3 Å². The van der Waals surface area contributed by atoms with Crippen LogP contribution in [0.15, 0.2) is 23.0 Å². The number of hydrogen-bond donors (Lipinski definition) is 2. The molecule has 3 rings (SSSR count). The molecule has 1 fully saturated rings. The first kappa shape index (κ1) is 27.2. The van der Waals surface area contributed by atoms with Gasteiger partial charge in [0.25, 0.3) is 5.91 Å². The molecule has 1 aromatic carbocycles. The maximum atomic E-state index is 13.3. The van der Waals surface area contributed by atoms with Gasteiger partial charge < -0.3 is 24.8 Å². The minimum absolute atomic E-state index is 0.112. The number of aromatic amines is 1. The molecular formula is C27H39ClN4O3. The number of H-pyrrole nitrogens is 1. The van der Waals surface area contributed by atoms with Crippen molar-refractivity contribution in [3.05, 3.63) is 61.5 Å². The van der Waals surface area contributed by atoms with Crippen molar-refractivity contribution < 1.29 is 9.53 Å². The average molecular weight is 503 g/mol. The van der Waals surface area contributed by atoms with Crippen LogP contribution in [0.1, 0.15) is 65.5 Å². The summed E-state index contributed by atoms with van der Waals surface area (Å²) in [5, 5.41) is 3.46. The standard InChI is InChI=1S/C27H39ClN4O3/c1-7-32(21-10-8-20(9-11-21)31(4)5)25-14-19(28)13-22(18(25)3)27(34)29-15-23-24(16-35-6)30-17(2)12-26(23)33/h12-14,20-21H,7-11,15-16H2,1-6H3,(H,29,34)(H,30,33). The van der Waals surface area contributed by atoms with E-state index in [1.165, 1.54) is 6.07 Å². The van der Waals surface area contributed by atoms with Gasteiger partial charge in [-0.25, -0.2) is 0 Å².